The average Bonchev–Trinajstić information content (AvgIpc) is 3.09. The molecule has 3 heteroatoms. The second kappa shape index (κ2) is 8.39. The van der Waals surface area contributed by atoms with Crippen LogP contribution in [0.1, 0.15) is 89.4 Å². The van der Waals surface area contributed by atoms with E-state index in [2.05, 4.69) is 166 Å². The summed E-state index contributed by atoms with van der Waals surface area (Å²) in [5.74, 6) is 0. The second-order valence-electron chi connectivity index (χ2n) is 13.4. The van der Waals surface area contributed by atoms with Gasteiger partial charge in [0.05, 0.1) is 39.8 Å². The third-order valence-corrected chi connectivity index (χ3v) is 11.3. The van der Waals surface area contributed by atoms with E-state index in [1.165, 1.54) is 33.4 Å². The first-order chi connectivity index (χ1) is 21.3. The van der Waals surface area contributed by atoms with Crippen LogP contribution in [0, 0.1) is 6.20 Å². The largest absolute Gasteiger partial charge is 0.298 e. The van der Waals surface area contributed by atoms with Gasteiger partial charge in [0.2, 0.25) is 0 Å². The lowest BCUT2D eigenvalue weighted by Gasteiger charge is -2.41. The number of nitrogens with zero attached hydrogens (tertiary/aromatic N) is 3. The molecule has 0 saturated carbocycles. The average molecular weight is 568 g/mol. The molecule has 0 aliphatic carbocycles. The molecule has 4 atom stereocenters. The van der Waals surface area contributed by atoms with Crippen LogP contribution in [0.25, 0.3) is 0 Å². The van der Waals surface area contributed by atoms with Crippen LogP contribution in [0.4, 0.5) is 0 Å². The zero-order valence-corrected chi connectivity index (χ0v) is 25.5. The molecule has 0 fully saturated rings. The van der Waals surface area contributed by atoms with Crippen LogP contribution in [0.3, 0.4) is 0 Å². The third kappa shape index (κ3) is 2.99. The van der Waals surface area contributed by atoms with Gasteiger partial charge in [0.1, 0.15) is 6.20 Å². The van der Waals surface area contributed by atoms with Crippen LogP contribution in [-0.2, 0) is 21.8 Å². The standard InChI is InChI=1S/C41H33N3/c1-38-27-11-5-12-28(23-27)39(2)33-17-10-22-44(26-33)41(4,31-15-6-13-29(38)24-31)32-16-7-14-30(25-32)40(3,36-20-8-18-34(38)42-36)37-21-9-19-35(39)43-37/h5-25H,1-4H3. The Morgan fingerprint density at radius 2 is 0.864 bits per heavy atom. The number of hydrogen-bond acceptors (Lipinski definition) is 2. The molecule has 44 heavy (non-hydrogen) atoms. The predicted octanol–water partition coefficient (Wildman–Crippen LogP) is 7.38. The normalized spacial score (nSPS) is 27.0. The Morgan fingerprint density at radius 1 is 0.455 bits per heavy atom. The van der Waals surface area contributed by atoms with E-state index in [0.717, 1.165) is 28.3 Å². The number of hydrogen-bond donors (Lipinski definition) is 0. The lowest BCUT2D eigenvalue weighted by atomic mass is 9.66. The van der Waals surface area contributed by atoms with Gasteiger partial charge in [-0.05, 0) is 79.4 Å². The van der Waals surface area contributed by atoms with Crippen LogP contribution in [-0.4, -0.2) is 9.97 Å². The topological polar surface area (TPSA) is 29.7 Å². The van der Waals surface area contributed by atoms with Crippen molar-refractivity contribution in [1.82, 2.24) is 9.97 Å². The van der Waals surface area contributed by atoms with Crippen molar-refractivity contribution in [2.24, 2.45) is 0 Å². The molecule has 212 valence electrons. The van der Waals surface area contributed by atoms with E-state index in [1.54, 1.807) is 0 Å². The van der Waals surface area contributed by atoms with Gasteiger partial charge in [0, 0.05) is 23.5 Å². The van der Waals surface area contributed by atoms with E-state index in [9.17, 15) is 0 Å². The highest BCUT2D eigenvalue weighted by atomic mass is 15.0. The van der Waals surface area contributed by atoms with E-state index in [0.29, 0.717) is 0 Å². The van der Waals surface area contributed by atoms with Crippen molar-refractivity contribution in [3.05, 3.63) is 195 Å². The Labute approximate surface area is 258 Å². The quantitative estimate of drug-likeness (QED) is 0.142. The third-order valence-electron chi connectivity index (χ3n) is 11.3. The highest BCUT2D eigenvalue weighted by Gasteiger charge is 2.46. The fraction of sp³-hybridized carbons (Fsp3) is 0.195. The SMILES string of the molecule is CC12c3[c-][n+](ccc3)C3(C)c4cccc(c4)C(C)(c4cccc1c4)c1cccc(n1)C(C)(c1cccc3c1)c1cccc2n1. The molecular formula is C41H33N3. The molecule has 0 spiro atoms. The van der Waals surface area contributed by atoms with E-state index < -0.39 is 21.8 Å². The van der Waals surface area contributed by atoms with Gasteiger partial charge in [-0.15, -0.1) is 6.07 Å². The van der Waals surface area contributed by atoms with Crippen molar-refractivity contribution < 1.29 is 4.57 Å². The highest BCUT2D eigenvalue weighted by Crippen LogP contribution is 2.48. The first-order valence-corrected chi connectivity index (χ1v) is 15.5. The van der Waals surface area contributed by atoms with E-state index in [-0.39, 0.29) is 0 Å². The molecule has 4 aliphatic rings. The van der Waals surface area contributed by atoms with Crippen molar-refractivity contribution in [2.45, 2.75) is 49.5 Å². The van der Waals surface area contributed by atoms with Crippen LogP contribution in [0.15, 0.2) is 128 Å². The van der Waals surface area contributed by atoms with Crippen LogP contribution in [0.5, 0.6) is 0 Å². The molecule has 3 aromatic carbocycles. The Morgan fingerprint density at radius 3 is 1.43 bits per heavy atom. The molecular weight excluding hydrogens is 534 g/mol. The minimum Gasteiger partial charge on any atom is -0.298 e. The Kier molecular flexibility index (Phi) is 4.88. The molecule has 4 aliphatic heterocycles. The smallest absolute Gasteiger partial charge is 0.194 e. The fourth-order valence-corrected chi connectivity index (χ4v) is 8.14. The summed E-state index contributed by atoms with van der Waals surface area (Å²) < 4.78 is 2.30. The number of benzene rings is 3. The summed E-state index contributed by atoms with van der Waals surface area (Å²) >= 11 is 0. The van der Waals surface area contributed by atoms with Gasteiger partial charge in [-0.3, -0.25) is 14.5 Å². The van der Waals surface area contributed by atoms with Crippen molar-refractivity contribution in [3.63, 3.8) is 0 Å². The lowest BCUT2D eigenvalue weighted by Crippen LogP contribution is -2.57. The Hall–Kier alpha value is -4.89. The molecule has 6 aromatic rings. The van der Waals surface area contributed by atoms with E-state index in [4.69, 9.17) is 9.97 Å². The second-order valence-corrected chi connectivity index (χ2v) is 13.4. The minimum atomic E-state index is -0.605. The summed E-state index contributed by atoms with van der Waals surface area (Å²) in [4.78, 5) is 11.2. The fourth-order valence-electron chi connectivity index (χ4n) is 8.14. The summed E-state index contributed by atoms with van der Waals surface area (Å²) in [6, 6.07) is 44.9. The molecule has 16 bridgehead atoms. The van der Waals surface area contributed by atoms with Crippen molar-refractivity contribution in [3.8, 4) is 0 Å². The lowest BCUT2D eigenvalue weighted by molar-refractivity contribution is -0.745. The van der Waals surface area contributed by atoms with Gasteiger partial charge in [-0.2, -0.15) is 6.07 Å². The monoisotopic (exact) mass is 567 g/mol. The van der Waals surface area contributed by atoms with Gasteiger partial charge in [0.15, 0.2) is 5.54 Å². The molecule has 0 N–H and O–H groups in total. The summed E-state index contributed by atoms with van der Waals surface area (Å²) in [5, 5.41) is 0. The van der Waals surface area contributed by atoms with E-state index >= 15 is 0 Å². The predicted molar refractivity (Wildman–Crippen MR) is 172 cm³/mol. The molecule has 3 aromatic heterocycles. The van der Waals surface area contributed by atoms with Gasteiger partial charge in [-0.25, -0.2) is 0 Å². The maximum absolute atomic E-state index is 5.60. The van der Waals surface area contributed by atoms with Crippen molar-refractivity contribution in [1.29, 1.82) is 0 Å². The van der Waals surface area contributed by atoms with Gasteiger partial charge in [0.25, 0.3) is 0 Å². The van der Waals surface area contributed by atoms with Crippen molar-refractivity contribution in [2.75, 3.05) is 0 Å². The van der Waals surface area contributed by atoms with Crippen molar-refractivity contribution >= 4 is 0 Å². The maximum atomic E-state index is 5.60. The molecule has 3 nitrogen and oxygen atoms in total. The molecule has 0 saturated heterocycles. The minimum absolute atomic E-state index is 0.515. The molecule has 4 unspecified atom stereocenters. The van der Waals surface area contributed by atoms with Crippen LogP contribution >= 0.6 is 0 Å². The number of rotatable bonds is 0. The van der Waals surface area contributed by atoms with Gasteiger partial charge >= 0.3 is 0 Å². The van der Waals surface area contributed by atoms with Crippen LogP contribution < -0.4 is 4.57 Å². The highest BCUT2D eigenvalue weighted by molar-refractivity contribution is 5.57. The first kappa shape index (κ1) is 25.6. The zero-order valence-electron chi connectivity index (χ0n) is 25.5. The summed E-state index contributed by atoms with van der Waals surface area (Å²) in [6.07, 6.45) is 6.11. The molecule has 7 heterocycles. The van der Waals surface area contributed by atoms with Gasteiger partial charge < -0.3 is 0 Å². The van der Waals surface area contributed by atoms with Gasteiger partial charge in [-0.1, -0.05) is 78.4 Å². The number of aromatic nitrogens is 3. The zero-order chi connectivity index (χ0) is 29.9. The first-order valence-electron chi connectivity index (χ1n) is 15.5. The van der Waals surface area contributed by atoms with E-state index in [1.807, 2.05) is 0 Å². The Balaban J connectivity index is 1.63. The molecule has 0 amide bonds. The summed E-state index contributed by atoms with van der Waals surface area (Å²) in [5.41, 5.74) is 10.1. The summed E-state index contributed by atoms with van der Waals surface area (Å²) in [7, 11) is 0. The van der Waals surface area contributed by atoms with Crippen LogP contribution in [0.2, 0.25) is 0 Å². The maximum Gasteiger partial charge on any atom is 0.194 e. The summed E-state index contributed by atoms with van der Waals surface area (Å²) in [6.45, 7) is 9.31. The Bertz CT molecular complexity index is 1640. The molecule has 10 rings (SSSR count). The molecule has 0 radical (unpaired) electrons. The number of pyridine rings is 3.